The van der Waals surface area contributed by atoms with Crippen molar-refractivity contribution in [2.45, 2.75) is 89.9 Å². The molecule has 6 unspecified atom stereocenters. The van der Waals surface area contributed by atoms with Crippen LogP contribution in [0.1, 0.15) is 182 Å². The van der Waals surface area contributed by atoms with Gasteiger partial charge < -0.3 is 13.3 Å². The van der Waals surface area contributed by atoms with Gasteiger partial charge in [-0.1, -0.05) is 188 Å². The van der Waals surface area contributed by atoms with Gasteiger partial charge >= 0.3 is 0 Å². The smallest absolute Gasteiger partial charge is 0.227 e. The van der Waals surface area contributed by atoms with Crippen LogP contribution in [0.3, 0.4) is 0 Å². The number of aromatic nitrogens is 5. The highest BCUT2D eigenvalue weighted by Crippen LogP contribution is 2.60. The third-order valence-electron chi connectivity index (χ3n) is 28.7. The summed E-state index contributed by atoms with van der Waals surface area (Å²) < 4.78 is 25.4. The summed E-state index contributed by atoms with van der Waals surface area (Å²) in [5, 5.41) is 12.3. The Morgan fingerprint density at radius 2 is 0.713 bits per heavy atom. The first kappa shape index (κ1) is 70.8. The van der Waals surface area contributed by atoms with E-state index in [1.807, 2.05) is 26.4 Å². The van der Waals surface area contributed by atoms with E-state index >= 15 is 0 Å². The topological polar surface area (TPSA) is 76.8 Å². The van der Waals surface area contributed by atoms with Crippen molar-refractivity contribution in [3.63, 3.8) is 0 Å². The Morgan fingerprint density at radius 3 is 1.24 bits per heavy atom. The van der Waals surface area contributed by atoms with Gasteiger partial charge in [0, 0.05) is 114 Å². The van der Waals surface area contributed by atoms with Crippen LogP contribution in [0.2, 0.25) is 0 Å². The molecular formula is C114H86N5O3+3. The Hall–Kier alpha value is -14.2. The molecule has 8 heterocycles. The average Bonchev–Trinajstić information content (AvgIpc) is 0.860. The van der Waals surface area contributed by atoms with Crippen LogP contribution in [0.25, 0.3) is 135 Å². The second-order valence-corrected chi connectivity index (χ2v) is 35.5. The molecule has 0 N–H and O–H groups in total. The van der Waals surface area contributed by atoms with E-state index in [0.717, 1.165) is 79.5 Å². The highest BCUT2D eigenvalue weighted by atomic mass is 16.3. The summed E-state index contributed by atoms with van der Waals surface area (Å²) in [4.78, 5) is 9.41. The van der Waals surface area contributed by atoms with E-state index in [-0.39, 0.29) is 35.5 Å². The van der Waals surface area contributed by atoms with E-state index < -0.39 is 0 Å². The van der Waals surface area contributed by atoms with Crippen LogP contribution in [0.5, 0.6) is 0 Å². The number of hydrogen-bond acceptors (Lipinski definition) is 5. The van der Waals surface area contributed by atoms with Crippen LogP contribution in [-0.4, -0.2) is 9.97 Å². The molecule has 122 heavy (non-hydrogen) atoms. The minimum absolute atomic E-state index is 0.236. The van der Waals surface area contributed by atoms with E-state index in [0.29, 0.717) is 11.4 Å². The molecule has 11 aliphatic carbocycles. The van der Waals surface area contributed by atoms with E-state index in [1.165, 1.54) is 188 Å². The van der Waals surface area contributed by atoms with Crippen molar-refractivity contribution in [1.82, 2.24) is 9.97 Å². The molecule has 6 atom stereocenters. The van der Waals surface area contributed by atoms with Gasteiger partial charge in [-0.05, 0) is 264 Å². The standard InChI is InChI=1S/C43H33N2O.C42H31N2O.C29H22NO/c1-23-12-15-32-33-16-13-25(3)44-43(33)46-42(32)39(23)38-21-34(24(2)22-45(38)4)28-14-17-31-35(20-28)41-30-11-6-5-10-29(30)40(31)36-18-26-8-7-9-27(26)19-37(36)41;1-23-11-14-32-33-15-12-24(2)43-42(33)45-41(32)38(23)37-22-28(17-18-44(37)3)27-13-16-31-34(21-27)40-30-10-5-4-9-29(30)39(31)35-19-25-7-6-8-26(25)20-36(35)40;1-17-7-3-4-8-20(17)26-12-11-23-27-21-9-5-6-10-22(21)28(29(23)30(26)2)25-14-19-16-31-15-18(19)13-24(25)27/h5-6,8-22,40-41H,7H2,1-4H3;4-5,7-22,39-40H,6H2,1-3H3;3-16,27-28H,1-2H3/q3*+1. The number of pyridine rings is 5. The fourth-order valence-electron chi connectivity index (χ4n) is 23.1. The highest BCUT2D eigenvalue weighted by Gasteiger charge is 2.48. The van der Waals surface area contributed by atoms with E-state index in [2.05, 4.69) is 348 Å². The second-order valence-electron chi connectivity index (χ2n) is 35.5. The number of aryl methyl sites for hydroxylation is 8. The van der Waals surface area contributed by atoms with Gasteiger partial charge in [0.2, 0.25) is 28.5 Å². The number of hydrogen-bond donors (Lipinski definition) is 0. The zero-order valence-corrected chi connectivity index (χ0v) is 69.6. The molecule has 0 fully saturated rings. The van der Waals surface area contributed by atoms with Gasteiger partial charge in [-0.2, -0.15) is 4.57 Å². The molecule has 0 saturated carbocycles. The van der Waals surface area contributed by atoms with Crippen molar-refractivity contribution in [3.05, 3.63) is 428 Å². The molecule has 8 aromatic heterocycles. The predicted octanol–water partition coefficient (Wildman–Crippen LogP) is 21.9. The second kappa shape index (κ2) is 26.4. The van der Waals surface area contributed by atoms with Gasteiger partial charge in [-0.15, -0.1) is 0 Å². The van der Waals surface area contributed by atoms with Crippen LogP contribution in [-0.2, 0) is 21.1 Å². The molecule has 11 aliphatic rings. The Morgan fingerprint density at radius 1 is 0.303 bits per heavy atom. The molecule has 30 rings (SSSR count). The first-order valence-corrected chi connectivity index (χ1v) is 43.1. The molecule has 8 heteroatoms. The molecule has 6 bridgehead atoms. The fourth-order valence-corrected chi connectivity index (χ4v) is 23.1. The summed E-state index contributed by atoms with van der Waals surface area (Å²) in [5.41, 5.74) is 48.2. The molecule has 582 valence electrons. The summed E-state index contributed by atoms with van der Waals surface area (Å²) in [6, 6.07) is 93.7. The molecule has 19 aromatic rings. The largest absolute Gasteiger partial charge is 0.471 e. The van der Waals surface area contributed by atoms with Crippen LogP contribution < -0.4 is 34.6 Å². The van der Waals surface area contributed by atoms with Crippen molar-refractivity contribution in [1.29, 1.82) is 0 Å². The lowest BCUT2D eigenvalue weighted by Crippen LogP contribution is -2.44. The van der Waals surface area contributed by atoms with Crippen LogP contribution in [0.15, 0.2) is 287 Å². The quantitative estimate of drug-likeness (QED) is 0.161. The normalized spacial score (nSPS) is 17.3. The number of furan rings is 3. The lowest BCUT2D eigenvalue weighted by molar-refractivity contribution is -0.669. The van der Waals surface area contributed by atoms with Crippen LogP contribution in [0.4, 0.5) is 0 Å². The van der Waals surface area contributed by atoms with Crippen molar-refractivity contribution >= 4 is 79.2 Å². The number of benzene rings is 11. The first-order valence-electron chi connectivity index (χ1n) is 43.1. The predicted molar refractivity (Wildman–Crippen MR) is 488 cm³/mol. The van der Waals surface area contributed by atoms with Gasteiger partial charge in [0.25, 0.3) is 0 Å². The van der Waals surface area contributed by atoms with E-state index in [1.54, 1.807) is 0 Å². The summed E-state index contributed by atoms with van der Waals surface area (Å²) in [6.45, 7) is 12.8. The molecule has 11 aromatic carbocycles. The lowest BCUT2D eigenvalue weighted by atomic mass is 9.60. The summed E-state index contributed by atoms with van der Waals surface area (Å²) in [7, 11) is 6.50. The maximum absolute atomic E-state index is 6.51. The first-order chi connectivity index (χ1) is 59.7. The Balaban J connectivity index is 0.000000103. The van der Waals surface area contributed by atoms with Crippen molar-refractivity contribution in [3.8, 4) is 56.0 Å². The minimum atomic E-state index is 0.236. The third-order valence-corrected chi connectivity index (χ3v) is 28.7. The van der Waals surface area contributed by atoms with Gasteiger partial charge in [0.15, 0.2) is 29.3 Å². The molecule has 0 saturated heterocycles. The average molecular weight is 1570 g/mol. The zero-order valence-electron chi connectivity index (χ0n) is 69.6. The summed E-state index contributed by atoms with van der Waals surface area (Å²) in [6.07, 6.45) is 19.7. The maximum Gasteiger partial charge on any atom is 0.227 e. The third kappa shape index (κ3) is 10.3. The maximum atomic E-state index is 6.51. The van der Waals surface area contributed by atoms with Crippen molar-refractivity contribution in [2.24, 2.45) is 21.1 Å². The molecular weight excluding hydrogens is 1490 g/mol. The number of nitrogens with zero attached hydrogens (tertiary/aromatic N) is 5. The van der Waals surface area contributed by atoms with Crippen LogP contribution >= 0.6 is 0 Å². The molecule has 0 aliphatic heterocycles. The van der Waals surface area contributed by atoms with Crippen molar-refractivity contribution < 1.29 is 27.0 Å². The van der Waals surface area contributed by atoms with Gasteiger partial charge in [0.05, 0.1) is 29.6 Å². The SMILES string of the molecule is Cc1ccc2c(n1)oc1c(-c3cc(-c4ccc5c(c4)C4c6ccccc6C5c5cc6c(cc54)=CCC=6)c(C)c[n+]3C)c(C)ccc12.Cc1ccc2c(n1)oc1c(-c3cc(-c4ccc5c(c4)C4c6ccccc6C5c5cc6c(cc54)=CCC=6)cc[n+]3C)c(C)ccc12.Cc1ccccc1-c1ccc2c([n+]1C)C1c3ccccc3C2c2cc3cocc3cc21. The van der Waals surface area contributed by atoms with E-state index in [4.69, 9.17) is 23.2 Å². The monoisotopic (exact) mass is 1570 g/mol. The van der Waals surface area contributed by atoms with Crippen molar-refractivity contribution in [2.75, 3.05) is 0 Å². The van der Waals surface area contributed by atoms with E-state index in [9.17, 15) is 0 Å². The fraction of sp³-hybridized carbons (Fsp3) is 0.149. The molecule has 8 nitrogen and oxygen atoms in total. The van der Waals surface area contributed by atoms with Crippen LogP contribution in [0, 0.1) is 41.5 Å². The number of rotatable bonds is 5. The van der Waals surface area contributed by atoms with Gasteiger partial charge in [-0.25, -0.2) is 19.1 Å². The Labute approximate surface area is 707 Å². The number of fused-ring (bicyclic) bond motifs is 9. The summed E-state index contributed by atoms with van der Waals surface area (Å²) >= 11 is 0. The zero-order chi connectivity index (χ0) is 81.5. The summed E-state index contributed by atoms with van der Waals surface area (Å²) in [5.74, 6) is 1.54. The molecule has 0 amide bonds. The Kier molecular flexibility index (Phi) is 15.3. The molecule has 0 spiro atoms. The van der Waals surface area contributed by atoms with Gasteiger partial charge in [0.1, 0.15) is 21.1 Å². The lowest BCUT2D eigenvalue weighted by Gasteiger charge is -2.42. The highest BCUT2D eigenvalue weighted by molar-refractivity contribution is 6.10. The minimum Gasteiger partial charge on any atom is -0.471 e. The Bertz CT molecular complexity index is 8210. The van der Waals surface area contributed by atoms with Gasteiger partial charge in [-0.3, -0.25) is 0 Å². The molecule has 0 radical (unpaired) electrons.